The lowest BCUT2D eigenvalue weighted by molar-refractivity contribution is 0.432. The van der Waals surface area contributed by atoms with Crippen molar-refractivity contribution in [3.05, 3.63) is 48.2 Å². The second-order valence-electron chi connectivity index (χ2n) is 4.17. The number of rotatable bonds is 2. The van der Waals surface area contributed by atoms with Crippen molar-refractivity contribution in [3.8, 4) is 22.8 Å². The summed E-state index contributed by atoms with van der Waals surface area (Å²) in [4.78, 5) is 8.38. The van der Waals surface area contributed by atoms with Crippen LogP contribution in [0.15, 0.2) is 47.1 Å². The van der Waals surface area contributed by atoms with Crippen LogP contribution in [0.4, 0.5) is 5.82 Å². The minimum Gasteiger partial charge on any atom is -0.383 e. The molecule has 0 spiro atoms. The first-order valence-corrected chi connectivity index (χ1v) is 5.86. The van der Waals surface area contributed by atoms with E-state index in [1.807, 2.05) is 31.2 Å². The number of nitrogen functional groups attached to an aromatic ring is 1. The molecule has 0 aliphatic rings. The standard InChI is InChI=1S/C14H12N4O/c1-9-5-2-3-6-10(9)13-17-14(19-18-13)11-7-4-8-16-12(11)15/h2-8H,1H3,(H2,15,16). The number of nitrogens with two attached hydrogens (primary N) is 1. The molecule has 2 aromatic heterocycles. The fourth-order valence-electron chi connectivity index (χ4n) is 1.86. The van der Waals surface area contributed by atoms with Crippen molar-refractivity contribution >= 4 is 5.82 Å². The van der Waals surface area contributed by atoms with Crippen LogP contribution in [-0.4, -0.2) is 15.1 Å². The maximum Gasteiger partial charge on any atom is 0.261 e. The zero-order valence-electron chi connectivity index (χ0n) is 10.4. The summed E-state index contributed by atoms with van der Waals surface area (Å²) in [7, 11) is 0. The molecule has 1 aromatic carbocycles. The first kappa shape index (κ1) is 11.4. The van der Waals surface area contributed by atoms with Crippen molar-refractivity contribution in [3.63, 3.8) is 0 Å². The van der Waals surface area contributed by atoms with Crippen LogP contribution in [0.1, 0.15) is 5.56 Å². The number of anilines is 1. The third kappa shape index (κ3) is 2.06. The molecule has 94 valence electrons. The van der Waals surface area contributed by atoms with Gasteiger partial charge in [0, 0.05) is 11.8 Å². The molecule has 2 N–H and O–H groups in total. The number of hydrogen-bond acceptors (Lipinski definition) is 5. The van der Waals surface area contributed by atoms with Crippen LogP contribution in [0, 0.1) is 6.92 Å². The lowest BCUT2D eigenvalue weighted by atomic mass is 10.1. The van der Waals surface area contributed by atoms with E-state index in [1.54, 1.807) is 18.3 Å². The molecule has 5 nitrogen and oxygen atoms in total. The molecule has 0 saturated heterocycles. The van der Waals surface area contributed by atoms with Crippen molar-refractivity contribution in [1.29, 1.82) is 0 Å². The lowest BCUT2D eigenvalue weighted by Crippen LogP contribution is -1.93. The molecule has 3 rings (SSSR count). The zero-order chi connectivity index (χ0) is 13.2. The van der Waals surface area contributed by atoms with Crippen LogP contribution in [0.3, 0.4) is 0 Å². The SMILES string of the molecule is Cc1ccccc1-c1noc(-c2cccnc2N)n1. The summed E-state index contributed by atoms with van der Waals surface area (Å²) in [6, 6.07) is 11.5. The summed E-state index contributed by atoms with van der Waals surface area (Å²) >= 11 is 0. The topological polar surface area (TPSA) is 77.8 Å². The monoisotopic (exact) mass is 252 g/mol. The summed E-state index contributed by atoms with van der Waals surface area (Å²) in [5.41, 5.74) is 8.48. The average Bonchev–Trinajstić information content (AvgIpc) is 2.89. The number of hydrogen-bond donors (Lipinski definition) is 1. The number of aromatic nitrogens is 3. The van der Waals surface area contributed by atoms with E-state index in [9.17, 15) is 0 Å². The van der Waals surface area contributed by atoms with Crippen molar-refractivity contribution < 1.29 is 4.52 Å². The minimum atomic E-state index is 0.377. The number of benzene rings is 1. The Morgan fingerprint density at radius 1 is 1.05 bits per heavy atom. The van der Waals surface area contributed by atoms with E-state index in [0.717, 1.165) is 11.1 Å². The predicted octanol–water partition coefficient (Wildman–Crippen LogP) is 2.69. The smallest absolute Gasteiger partial charge is 0.261 e. The Labute approximate surface area is 110 Å². The van der Waals surface area contributed by atoms with E-state index in [1.165, 1.54) is 0 Å². The van der Waals surface area contributed by atoms with Gasteiger partial charge >= 0.3 is 0 Å². The Balaban J connectivity index is 2.06. The zero-order valence-corrected chi connectivity index (χ0v) is 10.4. The van der Waals surface area contributed by atoms with Gasteiger partial charge in [0.05, 0.1) is 5.56 Å². The van der Waals surface area contributed by atoms with Gasteiger partial charge in [-0.05, 0) is 24.6 Å². The molecule has 0 atom stereocenters. The molecule has 19 heavy (non-hydrogen) atoms. The van der Waals surface area contributed by atoms with Crippen LogP contribution in [0.2, 0.25) is 0 Å². The van der Waals surface area contributed by atoms with Gasteiger partial charge in [-0.25, -0.2) is 4.98 Å². The van der Waals surface area contributed by atoms with Crippen molar-refractivity contribution in [2.75, 3.05) is 5.73 Å². The van der Waals surface area contributed by atoms with Crippen molar-refractivity contribution in [2.24, 2.45) is 0 Å². The normalized spacial score (nSPS) is 10.6. The molecule has 2 heterocycles. The molecular formula is C14H12N4O. The van der Waals surface area contributed by atoms with Gasteiger partial charge in [0.25, 0.3) is 5.89 Å². The molecule has 0 bridgehead atoms. The number of aryl methyl sites for hydroxylation is 1. The van der Waals surface area contributed by atoms with E-state index in [-0.39, 0.29) is 0 Å². The Hall–Kier alpha value is -2.69. The first-order valence-electron chi connectivity index (χ1n) is 5.86. The highest BCUT2D eigenvalue weighted by Gasteiger charge is 2.14. The predicted molar refractivity (Wildman–Crippen MR) is 72.1 cm³/mol. The van der Waals surface area contributed by atoms with Crippen molar-refractivity contribution in [2.45, 2.75) is 6.92 Å². The maximum atomic E-state index is 5.79. The molecule has 0 aliphatic heterocycles. The van der Waals surface area contributed by atoms with Crippen LogP contribution in [0.25, 0.3) is 22.8 Å². The molecule has 0 fully saturated rings. The summed E-state index contributed by atoms with van der Waals surface area (Å²) in [6.45, 7) is 2.00. The second-order valence-corrected chi connectivity index (χ2v) is 4.17. The van der Waals surface area contributed by atoms with Gasteiger partial charge in [0.1, 0.15) is 5.82 Å². The highest BCUT2D eigenvalue weighted by atomic mass is 16.5. The van der Waals surface area contributed by atoms with Gasteiger partial charge < -0.3 is 10.3 Å². The second kappa shape index (κ2) is 4.53. The maximum absolute atomic E-state index is 5.79. The number of nitrogens with zero attached hydrogens (tertiary/aromatic N) is 3. The summed E-state index contributed by atoms with van der Waals surface area (Å²) in [5.74, 6) is 1.31. The van der Waals surface area contributed by atoms with Crippen molar-refractivity contribution in [1.82, 2.24) is 15.1 Å². The highest BCUT2D eigenvalue weighted by Crippen LogP contribution is 2.26. The van der Waals surface area contributed by atoms with E-state index in [4.69, 9.17) is 10.3 Å². The Morgan fingerprint density at radius 3 is 2.63 bits per heavy atom. The molecule has 3 aromatic rings. The third-order valence-corrected chi connectivity index (χ3v) is 2.88. The molecule has 0 radical (unpaired) electrons. The van der Waals surface area contributed by atoms with E-state index >= 15 is 0 Å². The fourth-order valence-corrected chi connectivity index (χ4v) is 1.86. The number of pyridine rings is 1. The molecule has 0 unspecified atom stereocenters. The Bertz CT molecular complexity index is 661. The lowest BCUT2D eigenvalue weighted by Gasteiger charge is -1.98. The third-order valence-electron chi connectivity index (χ3n) is 2.88. The fraction of sp³-hybridized carbons (Fsp3) is 0.0714. The molecule has 0 aliphatic carbocycles. The van der Waals surface area contributed by atoms with Gasteiger partial charge in [-0.15, -0.1) is 0 Å². The summed E-state index contributed by atoms with van der Waals surface area (Å²) < 4.78 is 5.26. The van der Waals surface area contributed by atoms with Gasteiger partial charge in [-0.3, -0.25) is 0 Å². The first-order chi connectivity index (χ1) is 9.25. The van der Waals surface area contributed by atoms with Crippen LogP contribution in [0.5, 0.6) is 0 Å². The molecular weight excluding hydrogens is 240 g/mol. The largest absolute Gasteiger partial charge is 0.383 e. The quantitative estimate of drug-likeness (QED) is 0.758. The van der Waals surface area contributed by atoms with Crippen LogP contribution >= 0.6 is 0 Å². The van der Waals surface area contributed by atoms with E-state index < -0.39 is 0 Å². The van der Waals surface area contributed by atoms with Crippen LogP contribution in [-0.2, 0) is 0 Å². The summed E-state index contributed by atoms with van der Waals surface area (Å²) in [5, 5.41) is 4.00. The average molecular weight is 252 g/mol. The van der Waals surface area contributed by atoms with Gasteiger partial charge in [-0.1, -0.05) is 29.4 Å². The van der Waals surface area contributed by atoms with E-state index in [2.05, 4.69) is 15.1 Å². The minimum absolute atomic E-state index is 0.377. The van der Waals surface area contributed by atoms with Crippen LogP contribution < -0.4 is 5.73 Å². The molecule has 0 saturated carbocycles. The highest BCUT2D eigenvalue weighted by molar-refractivity contribution is 5.68. The Kier molecular flexibility index (Phi) is 2.72. The molecule has 5 heteroatoms. The van der Waals surface area contributed by atoms with Gasteiger partial charge in [0.2, 0.25) is 5.82 Å². The van der Waals surface area contributed by atoms with Gasteiger partial charge in [0.15, 0.2) is 0 Å². The summed E-state index contributed by atoms with van der Waals surface area (Å²) in [6.07, 6.45) is 1.62. The molecule has 0 amide bonds. The van der Waals surface area contributed by atoms with E-state index in [0.29, 0.717) is 23.1 Å². The van der Waals surface area contributed by atoms with Gasteiger partial charge in [-0.2, -0.15) is 4.98 Å². The Morgan fingerprint density at radius 2 is 1.84 bits per heavy atom.